The number of ether oxygens (including phenoxy) is 1. The molecule has 0 aliphatic carbocycles. The maximum atomic E-state index is 14.9. The van der Waals surface area contributed by atoms with Crippen molar-refractivity contribution in [3.05, 3.63) is 84.5 Å². The van der Waals surface area contributed by atoms with Gasteiger partial charge in [-0.25, -0.2) is 23.7 Å². The minimum Gasteiger partial charge on any atom is -0.460 e. The minimum atomic E-state index is -1.51. The Balaban J connectivity index is 1.17. The van der Waals surface area contributed by atoms with E-state index in [0.29, 0.717) is 42.0 Å². The molecule has 2 aliphatic heterocycles. The van der Waals surface area contributed by atoms with Crippen molar-refractivity contribution in [3.8, 4) is 11.4 Å². The van der Waals surface area contributed by atoms with Crippen LogP contribution in [0.15, 0.2) is 77.4 Å². The van der Waals surface area contributed by atoms with Crippen LogP contribution in [0.5, 0.6) is 0 Å². The van der Waals surface area contributed by atoms with E-state index in [9.17, 15) is 28.7 Å². The third-order valence-corrected chi connectivity index (χ3v) is 9.67. The molecule has 6 heterocycles. The molecule has 0 aromatic carbocycles. The van der Waals surface area contributed by atoms with E-state index in [1.165, 1.54) is 17.1 Å². The van der Waals surface area contributed by atoms with Crippen LogP contribution in [0.25, 0.3) is 17.0 Å². The number of hydrogen-bond donors (Lipinski definition) is 3. The predicted octanol–water partition coefficient (Wildman–Crippen LogP) is 2.79. The second-order valence-electron chi connectivity index (χ2n) is 14.5. The number of fused-ring (bicyclic) bond motifs is 4. The number of alkyl halides is 1. The van der Waals surface area contributed by atoms with E-state index in [2.05, 4.69) is 36.0 Å². The summed E-state index contributed by atoms with van der Waals surface area (Å²) >= 11 is 0. The Bertz CT molecular complexity index is 2140. The zero-order valence-corrected chi connectivity index (χ0v) is 32.0. The third kappa shape index (κ3) is 10.6. The molecule has 3 amide bonds. The fourth-order valence-electron chi connectivity index (χ4n) is 6.89. The monoisotopic (exact) mass is 786 g/mol. The van der Waals surface area contributed by atoms with Gasteiger partial charge < -0.3 is 29.8 Å². The Labute approximate surface area is 328 Å². The van der Waals surface area contributed by atoms with Gasteiger partial charge in [0.1, 0.15) is 36.0 Å². The van der Waals surface area contributed by atoms with Crippen LogP contribution >= 0.6 is 0 Å². The van der Waals surface area contributed by atoms with Crippen molar-refractivity contribution in [3.63, 3.8) is 0 Å². The number of aliphatic hydroxyl groups excluding tert-OH is 1. The number of esters is 1. The molecule has 302 valence electrons. The molecule has 17 nitrogen and oxygen atoms in total. The fourth-order valence-corrected chi connectivity index (χ4v) is 6.89. The largest absolute Gasteiger partial charge is 0.460 e. The summed E-state index contributed by atoms with van der Waals surface area (Å²) in [6, 6.07) is 2.68. The number of hydrogen-bond acceptors (Lipinski definition) is 12. The van der Waals surface area contributed by atoms with Gasteiger partial charge in [0.05, 0.1) is 31.5 Å². The number of allylic oxidation sites excluding steroid dienone is 2. The predicted molar refractivity (Wildman–Crippen MR) is 203 cm³/mol. The fraction of sp³-hybridized carbons (Fsp3) is 0.462. The Morgan fingerprint density at radius 3 is 2.86 bits per heavy atom. The van der Waals surface area contributed by atoms with E-state index < -0.39 is 48.1 Å². The average molecular weight is 787 g/mol. The average Bonchev–Trinajstić information content (AvgIpc) is 4.00. The molecule has 57 heavy (non-hydrogen) atoms. The Morgan fingerprint density at radius 1 is 1.19 bits per heavy atom. The number of halogens is 1. The lowest BCUT2D eigenvalue weighted by molar-refractivity contribution is -0.159. The van der Waals surface area contributed by atoms with Crippen molar-refractivity contribution in [1.29, 1.82) is 0 Å². The Kier molecular flexibility index (Phi) is 13.3. The number of carbonyl (C=O) groups is 4. The summed E-state index contributed by atoms with van der Waals surface area (Å²) < 4.78 is 29.6. The van der Waals surface area contributed by atoms with Crippen LogP contribution in [0.1, 0.15) is 62.8 Å². The molecule has 4 aromatic heterocycles. The van der Waals surface area contributed by atoms with Crippen molar-refractivity contribution in [2.75, 3.05) is 19.6 Å². The highest BCUT2D eigenvalue weighted by Crippen LogP contribution is 2.27. The van der Waals surface area contributed by atoms with Gasteiger partial charge in [-0.1, -0.05) is 48.9 Å². The Morgan fingerprint density at radius 2 is 2.04 bits per heavy atom. The molecule has 3 N–H and O–H groups in total. The summed E-state index contributed by atoms with van der Waals surface area (Å²) in [5.74, 6) is -3.03. The molecule has 2 bridgehead atoms. The maximum Gasteiger partial charge on any atom is 0.329 e. The number of carbonyl (C=O) groups excluding carboxylic acids is 4. The number of aliphatic hydroxyl groups is 1. The van der Waals surface area contributed by atoms with Gasteiger partial charge in [0.2, 0.25) is 11.8 Å². The van der Waals surface area contributed by atoms with E-state index in [1.807, 2.05) is 19.9 Å². The van der Waals surface area contributed by atoms with Crippen LogP contribution in [0, 0.1) is 11.8 Å². The molecule has 6 rings (SSSR count). The molecule has 1 saturated heterocycles. The van der Waals surface area contributed by atoms with E-state index in [-0.39, 0.29) is 62.3 Å². The summed E-state index contributed by atoms with van der Waals surface area (Å²) in [5, 5.41) is 28.8. The topological polar surface area (TPSA) is 212 Å². The van der Waals surface area contributed by atoms with Gasteiger partial charge in [-0.15, -0.1) is 5.10 Å². The standard InChI is InChI=1S/C39H47FN10O7/c1-24(2)37-26(18-35(53)42-14-16-48-22-29(46-47-48)32-21-43-33-9-5-13-44-50(32)33)10-11-34(52)41-12-4-7-25(3)17-28(51)19-27(40)20-36-45-30(23-56-36)38(54)49-15-6-8-31(49)39(55)57-37/h4-5,7,9-11,13,17,21-24,26-28,31,37,51H,6,8,12,14-16,18-20H2,1-3H3,(H,41,52)(H,42,53)/b7-4+,11-10+,25-17+/t26-,27+,28+,31+,37+/m0/s1. The SMILES string of the molecule is CC1=C\[C@@H](O)C[C@@H](F)Cc2nc(co2)C(=O)N2CCC[C@@H]2C(=O)O[C@H](C(C)C)[C@H](CC(=O)NCCn2cc(-c3cnc4cccnn34)nn2)/C=C/C(=O)NC\C=C\1. The highest BCUT2D eigenvalue weighted by Gasteiger charge is 2.39. The third-order valence-electron chi connectivity index (χ3n) is 9.67. The number of nitrogens with one attached hydrogen (secondary N) is 2. The quantitative estimate of drug-likeness (QED) is 0.231. The number of amides is 3. The highest BCUT2D eigenvalue weighted by molar-refractivity contribution is 5.95. The van der Waals surface area contributed by atoms with Crippen molar-refractivity contribution >= 4 is 29.3 Å². The molecule has 1 fully saturated rings. The maximum absolute atomic E-state index is 14.9. The highest BCUT2D eigenvalue weighted by atomic mass is 19.1. The summed E-state index contributed by atoms with van der Waals surface area (Å²) in [5.41, 5.74) is 2.48. The number of nitrogens with zero attached hydrogens (tertiary/aromatic N) is 8. The van der Waals surface area contributed by atoms with E-state index in [4.69, 9.17) is 9.15 Å². The molecule has 2 aliphatic rings. The zero-order chi connectivity index (χ0) is 40.5. The molecule has 0 radical (unpaired) electrons. The lowest BCUT2D eigenvalue weighted by atomic mass is 9.89. The smallest absolute Gasteiger partial charge is 0.329 e. The molecule has 0 spiro atoms. The first-order valence-corrected chi connectivity index (χ1v) is 19.0. The summed E-state index contributed by atoms with van der Waals surface area (Å²) in [6.45, 7) is 6.36. The van der Waals surface area contributed by atoms with Crippen molar-refractivity contribution in [2.24, 2.45) is 11.8 Å². The molecular formula is C39H47FN10O7. The lowest BCUT2D eigenvalue weighted by Gasteiger charge is -2.30. The molecular weight excluding hydrogens is 739 g/mol. The van der Waals surface area contributed by atoms with E-state index >= 15 is 0 Å². The number of rotatable bonds is 7. The number of oxazole rings is 1. The van der Waals surface area contributed by atoms with Gasteiger partial charge in [-0.2, -0.15) is 5.10 Å². The molecule has 4 aromatic rings. The van der Waals surface area contributed by atoms with Gasteiger partial charge in [-0.3, -0.25) is 19.1 Å². The van der Waals surface area contributed by atoms with Crippen molar-refractivity contribution < 1.29 is 37.8 Å². The molecule has 0 saturated carbocycles. The summed E-state index contributed by atoms with van der Waals surface area (Å²) in [7, 11) is 0. The number of aromatic nitrogens is 7. The van der Waals surface area contributed by atoms with Crippen LogP contribution in [-0.4, -0.2) is 112 Å². The van der Waals surface area contributed by atoms with E-state index in [0.717, 1.165) is 6.26 Å². The molecule has 5 atom stereocenters. The summed E-state index contributed by atoms with van der Waals surface area (Å²) in [4.78, 5) is 63.6. The van der Waals surface area contributed by atoms with Crippen LogP contribution in [0.2, 0.25) is 0 Å². The van der Waals surface area contributed by atoms with Gasteiger partial charge in [0, 0.05) is 44.6 Å². The van der Waals surface area contributed by atoms with Gasteiger partial charge >= 0.3 is 5.97 Å². The van der Waals surface area contributed by atoms with Crippen LogP contribution in [-0.2, 0) is 32.1 Å². The first-order chi connectivity index (χ1) is 27.4. The Hall–Kier alpha value is -6.04. The van der Waals surface area contributed by atoms with E-state index in [1.54, 1.807) is 59.0 Å². The molecule has 18 heteroatoms. The van der Waals surface area contributed by atoms with Crippen molar-refractivity contribution in [1.82, 2.24) is 50.1 Å². The second kappa shape index (κ2) is 18.7. The first-order valence-electron chi connectivity index (χ1n) is 19.0. The summed E-state index contributed by atoms with van der Waals surface area (Å²) in [6.07, 6.45) is 10.7. The number of cyclic esters (lactones) is 1. The minimum absolute atomic E-state index is 0.00853. The molecule has 0 unspecified atom stereocenters. The van der Waals surface area contributed by atoms with Gasteiger partial charge in [-0.05, 0) is 43.9 Å². The van der Waals surface area contributed by atoms with Crippen molar-refractivity contribution in [2.45, 2.75) is 83.8 Å². The van der Waals surface area contributed by atoms with Gasteiger partial charge in [0.15, 0.2) is 17.2 Å². The normalized spacial score (nSPS) is 25.0. The first kappa shape index (κ1) is 40.6. The van der Waals surface area contributed by atoms with Crippen LogP contribution in [0.3, 0.4) is 0 Å². The number of imidazole rings is 1. The van der Waals surface area contributed by atoms with Crippen LogP contribution < -0.4 is 10.6 Å². The van der Waals surface area contributed by atoms with Gasteiger partial charge in [0.25, 0.3) is 5.91 Å². The van der Waals surface area contributed by atoms with Crippen LogP contribution in [0.4, 0.5) is 4.39 Å². The lowest BCUT2D eigenvalue weighted by Crippen LogP contribution is -2.44. The zero-order valence-electron chi connectivity index (χ0n) is 32.0. The second-order valence-corrected chi connectivity index (χ2v) is 14.5.